The van der Waals surface area contributed by atoms with E-state index in [9.17, 15) is 38.1 Å². The maximum atomic E-state index is 12.7. The summed E-state index contributed by atoms with van der Waals surface area (Å²) in [5, 5.41) is 37.1. The number of aliphatic hydroxyl groups excluding tert-OH is 2. The third kappa shape index (κ3) is 5.18. The maximum absolute atomic E-state index is 12.7. The van der Waals surface area contributed by atoms with Gasteiger partial charge in [0.05, 0.1) is 37.7 Å². The van der Waals surface area contributed by atoms with Crippen LogP contribution in [0.2, 0.25) is 0 Å². The lowest BCUT2D eigenvalue weighted by Crippen LogP contribution is -2.65. The fourth-order valence-electron chi connectivity index (χ4n) is 9.82. The van der Waals surface area contributed by atoms with E-state index in [0.717, 1.165) is 44.1 Å². The summed E-state index contributed by atoms with van der Waals surface area (Å²) in [7, 11) is 1.41. The molecule has 0 radical (unpaired) electrons. The van der Waals surface area contributed by atoms with Crippen LogP contribution in [0.1, 0.15) is 76.7 Å². The summed E-state index contributed by atoms with van der Waals surface area (Å²) in [6.07, 6.45) is 0.357. The molecular formula is C32H43F3N2O8. The molecule has 0 aromatic carbocycles. The van der Waals surface area contributed by atoms with Gasteiger partial charge in [-0.15, -0.1) is 0 Å². The van der Waals surface area contributed by atoms with Crippen LogP contribution in [0.4, 0.5) is 13.2 Å². The summed E-state index contributed by atoms with van der Waals surface area (Å²) >= 11 is 0. The first kappa shape index (κ1) is 32.6. The number of carbonyl (C=O) groups excluding carboxylic acids is 1. The predicted molar refractivity (Wildman–Crippen MR) is 153 cm³/mol. The van der Waals surface area contributed by atoms with E-state index in [-0.39, 0.29) is 40.3 Å². The highest BCUT2D eigenvalue weighted by Gasteiger charge is 2.67. The molecule has 6 rings (SSSR count). The van der Waals surface area contributed by atoms with Crippen molar-refractivity contribution in [2.75, 3.05) is 13.7 Å². The summed E-state index contributed by atoms with van der Waals surface area (Å²) in [6.45, 7) is 4.02. The average Bonchev–Trinajstić information content (AvgIpc) is 3.27. The van der Waals surface area contributed by atoms with Gasteiger partial charge in [0.2, 0.25) is 0 Å². The van der Waals surface area contributed by atoms with Crippen LogP contribution < -0.4 is 10.9 Å². The Balaban J connectivity index is 1.18. The number of fused-ring (bicyclic) bond motifs is 5. The van der Waals surface area contributed by atoms with Gasteiger partial charge in [-0.2, -0.15) is 18.2 Å². The Morgan fingerprint density at radius 1 is 1.07 bits per heavy atom. The number of rotatable bonds is 5. The lowest BCUT2D eigenvalue weighted by molar-refractivity contribution is -0.306. The second kappa shape index (κ2) is 11.4. The third-order valence-electron chi connectivity index (χ3n) is 12.3. The van der Waals surface area contributed by atoms with Gasteiger partial charge in [0.1, 0.15) is 12.2 Å². The van der Waals surface area contributed by atoms with Crippen LogP contribution >= 0.6 is 0 Å². The lowest BCUT2D eigenvalue weighted by Gasteiger charge is -2.62. The molecule has 5 aliphatic rings. The zero-order valence-electron chi connectivity index (χ0n) is 25.8. The van der Waals surface area contributed by atoms with Crippen molar-refractivity contribution in [1.29, 1.82) is 0 Å². The first-order valence-corrected chi connectivity index (χ1v) is 15.8. The summed E-state index contributed by atoms with van der Waals surface area (Å²) < 4.78 is 49.1. The summed E-state index contributed by atoms with van der Waals surface area (Å²) in [5.41, 5.74) is 0.460. The second-order valence-electron chi connectivity index (χ2n) is 14.2. The predicted octanol–water partition coefficient (Wildman–Crippen LogP) is 3.16. The highest BCUT2D eigenvalue weighted by atomic mass is 19.4. The van der Waals surface area contributed by atoms with Crippen molar-refractivity contribution >= 4 is 5.91 Å². The second-order valence-corrected chi connectivity index (χ2v) is 14.2. The molecule has 11 atom stereocenters. The van der Waals surface area contributed by atoms with Crippen molar-refractivity contribution < 1.29 is 47.3 Å². The largest absolute Gasteiger partial charge is 0.471 e. The van der Waals surface area contributed by atoms with Crippen LogP contribution in [0.25, 0.3) is 0 Å². The topological polar surface area (TPSA) is 142 Å². The first-order valence-electron chi connectivity index (χ1n) is 15.8. The van der Waals surface area contributed by atoms with Gasteiger partial charge in [0.15, 0.2) is 6.23 Å². The Morgan fingerprint density at radius 3 is 2.49 bits per heavy atom. The van der Waals surface area contributed by atoms with Crippen molar-refractivity contribution in [3.63, 3.8) is 0 Å². The fourth-order valence-corrected chi connectivity index (χ4v) is 9.82. The Labute approximate surface area is 259 Å². The smallest absolute Gasteiger partial charge is 0.431 e. The zero-order valence-corrected chi connectivity index (χ0v) is 25.8. The first-order chi connectivity index (χ1) is 21.1. The Kier molecular flexibility index (Phi) is 8.30. The quantitative estimate of drug-likeness (QED) is 0.282. The van der Waals surface area contributed by atoms with E-state index in [1.54, 1.807) is 11.6 Å². The lowest BCUT2D eigenvalue weighted by atomic mass is 9.45. The van der Waals surface area contributed by atoms with E-state index >= 15 is 0 Å². The van der Waals surface area contributed by atoms with E-state index in [4.69, 9.17) is 14.0 Å². The van der Waals surface area contributed by atoms with Crippen LogP contribution in [0.3, 0.4) is 0 Å². The third-order valence-corrected chi connectivity index (χ3v) is 12.3. The molecule has 4 aliphatic carbocycles. The van der Waals surface area contributed by atoms with Gasteiger partial charge in [0, 0.05) is 11.5 Å². The summed E-state index contributed by atoms with van der Waals surface area (Å²) in [4.78, 5) is 28.6. The van der Waals surface area contributed by atoms with Gasteiger partial charge in [-0.3, -0.25) is 9.63 Å². The monoisotopic (exact) mass is 640 g/mol. The molecule has 1 aromatic rings. The van der Waals surface area contributed by atoms with Crippen LogP contribution in [0.15, 0.2) is 39.3 Å². The Morgan fingerprint density at radius 2 is 1.82 bits per heavy atom. The number of halogens is 3. The minimum Gasteiger partial charge on any atom is -0.431 e. The van der Waals surface area contributed by atoms with Crippen LogP contribution in [0.5, 0.6) is 0 Å². The molecular weight excluding hydrogens is 597 g/mol. The number of carbonyl (C=O) groups is 1. The van der Waals surface area contributed by atoms with Crippen LogP contribution in [-0.4, -0.2) is 82.3 Å². The molecule has 1 aromatic heterocycles. The van der Waals surface area contributed by atoms with E-state index in [2.05, 4.69) is 19.9 Å². The molecule has 4 N–H and O–H groups in total. The Bertz CT molecular complexity index is 1370. The number of nitrogens with one attached hydrogen (secondary N) is 1. The number of hydroxylamine groups is 2. The van der Waals surface area contributed by atoms with E-state index in [0.29, 0.717) is 12.8 Å². The van der Waals surface area contributed by atoms with E-state index < -0.39 is 48.8 Å². The summed E-state index contributed by atoms with van der Waals surface area (Å²) in [5.74, 6) is -1.75. The number of alkyl halides is 3. The van der Waals surface area contributed by atoms with Crippen molar-refractivity contribution in [3.8, 4) is 0 Å². The molecule has 1 saturated heterocycles. The molecule has 3 saturated carbocycles. The highest BCUT2D eigenvalue weighted by Crippen LogP contribution is 2.70. The molecule has 1 amide bonds. The number of amides is 1. The number of nitrogens with zero attached hydrogens (tertiary/aromatic N) is 1. The maximum Gasteiger partial charge on any atom is 0.471 e. The van der Waals surface area contributed by atoms with E-state index in [1.807, 2.05) is 6.07 Å². The van der Waals surface area contributed by atoms with Crippen molar-refractivity contribution in [3.05, 3.63) is 46.0 Å². The fraction of sp³-hybridized carbons (Fsp3) is 0.750. The number of aliphatic hydroxyl groups is 3. The highest BCUT2D eigenvalue weighted by molar-refractivity contribution is 5.82. The van der Waals surface area contributed by atoms with Crippen molar-refractivity contribution in [2.45, 2.75) is 113 Å². The molecule has 45 heavy (non-hydrogen) atoms. The molecule has 10 nitrogen and oxygen atoms in total. The molecule has 2 heterocycles. The van der Waals surface area contributed by atoms with E-state index in [1.165, 1.54) is 23.8 Å². The molecule has 0 bridgehead atoms. The number of allylic oxidation sites excluding steroid dienone is 1. The minimum absolute atomic E-state index is 0.0993. The van der Waals surface area contributed by atoms with Crippen molar-refractivity contribution in [1.82, 2.24) is 10.4 Å². The summed E-state index contributed by atoms with van der Waals surface area (Å²) in [6, 6.07) is 1.51. The zero-order chi connectivity index (χ0) is 32.5. The van der Waals surface area contributed by atoms with Gasteiger partial charge in [-0.1, -0.05) is 25.5 Å². The van der Waals surface area contributed by atoms with Gasteiger partial charge in [-0.25, -0.2) is 4.79 Å². The molecule has 0 spiro atoms. The van der Waals surface area contributed by atoms with Gasteiger partial charge >= 0.3 is 17.7 Å². The normalized spacial score (nSPS) is 43.2. The standard InChI is InChI=1S/C32H43F3N2O8/c1-29-11-8-19(37(43-3)27-26(40)25(39)23(16-45-27)36-28(41)32(33,34)35)14-18(29)5-6-22-21(29)9-12-30(2)20(10-13-31(22,30)42)17-4-7-24(38)44-15-17/h4,7,14-15,19-23,25-27,39-40,42H,5-6,8-13,16H2,1-3H3,(H,36,41)/t19-,20+,21?,22?,23-,25-,26-,27?,29-,30+,31-/m0/s1. The SMILES string of the molecule is CON(C1OC[C@H](NC(=O)C(F)(F)F)[C@H](O)[C@@H]1O)[C@@H]1C=C2CCC3C(CC[C@]4(C)[C@@H](c5ccc(=O)oc5)CC[C@]34O)[C@@]2(C)CC1. The molecule has 1 aliphatic heterocycles. The number of ether oxygens (including phenoxy) is 1. The molecule has 13 heteroatoms. The van der Waals surface area contributed by atoms with Crippen LogP contribution in [0, 0.1) is 22.7 Å². The van der Waals surface area contributed by atoms with Crippen molar-refractivity contribution in [2.24, 2.45) is 22.7 Å². The molecule has 3 unspecified atom stereocenters. The number of hydrogen-bond donors (Lipinski definition) is 4. The Hall–Kier alpha value is -2.29. The van der Waals surface area contributed by atoms with Crippen LogP contribution in [-0.2, 0) is 14.4 Å². The van der Waals surface area contributed by atoms with Gasteiger partial charge in [-0.05, 0) is 86.2 Å². The van der Waals surface area contributed by atoms with Gasteiger partial charge in [0.25, 0.3) is 0 Å². The molecule has 250 valence electrons. The minimum atomic E-state index is -5.13. The molecule has 4 fully saturated rings. The average molecular weight is 641 g/mol. The van der Waals surface area contributed by atoms with Gasteiger partial charge < -0.3 is 29.8 Å². The number of hydrogen-bond acceptors (Lipinski definition) is 9.